The number of hydrogen-bond donors (Lipinski definition) is 1. The number of alkyl carbamates (subject to hydrolysis) is 1. The first-order valence-electron chi connectivity index (χ1n) is 8.40. The van der Waals surface area contributed by atoms with Crippen LogP contribution in [0.5, 0.6) is 0 Å². The molecule has 0 aliphatic heterocycles. The number of nitrogens with one attached hydrogen (secondary N) is 1. The molecule has 1 rings (SSSR count). The molecule has 2 atom stereocenters. The normalized spacial score (nSPS) is 23.6. The first-order valence-corrected chi connectivity index (χ1v) is 11.3. The molecule has 0 aromatic rings. The minimum absolute atomic E-state index is 0.0595. The summed E-state index contributed by atoms with van der Waals surface area (Å²) < 4.78 is 11.7. The lowest BCUT2D eigenvalue weighted by atomic mass is 9.92. The Labute approximate surface area is 141 Å². The summed E-state index contributed by atoms with van der Waals surface area (Å²) in [7, 11) is -2.01. The van der Waals surface area contributed by atoms with E-state index in [1.165, 1.54) is 0 Å². The lowest BCUT2D eigenvalue weighted by Gasteiger charge is -2.42. The zero-order valence-electron chi connectivity index (χ0n) is 15.9. The topological polar surface area (TPSA) is 64.6 Å². The molecule has 0 aromatic heterocycles. The van der Waals surface area contributed by atoms with Crippen molar-refractivity contribution in [2.75, 3.05) is 0 Å². The van der Waals surface area contributed by atoms with E-state index in [4.69, 9.17) is 9.16 Å². The molecule has 1 aliphatic carbocycles. The van der Waals surface area contributed by atoms with Crippen LogP contribution in [0.25, 0.3) is 0 Å². The largest absolute Gasteiger partial charge is 0.444 e. The number of hydrogen-bond acceptors (Lipinski definition) is 4. The van der Waals surface area contributed by atoms with Gasteiger partial charge in [0.15, 0.2) is 8.32 Å². The highest BCUT2D eigenvalue weighted by Crippen LogP contribution is 2.38. The maximum atomic E-state index is 12.1. The van der Waals surface area contributed by atoms with Crippen LogP contribution < -0.4 is 5.32 Å². The van der Waals surface area contributed by atoms with Crippen LogP contribution in [-0.4, -0.2) is 37.9 Å². The van der Waals surface area contributed by atoms with Gasteiger partial charge < -0.3 is 14.5 Å². The maximum absolute atomic E-state index is 12.1. The summed E-state index contributed by atoms with van der Waals surface area (Å²) >= 11 is 0. The van der Waals surface area contributed by atoms with E-state index in [0.717, 1.165) is 0 Å². The van der Waals surface area contributed by atoms with Crippen LogP contribution in [0.2, 0.25) is 18.1 Å². The van der Waals surface area contributed by atoms with E-state index in [-0.39, 0.29) is 23.0 Å². The van der Waals surface area contributed by atoms with Gasteiger partial charge in [-0.3, -0.25) is 4.79 Å². The molecule has 0 aromatic carbocycles. The van der Waals surface area contributed by atoms with E-state index in [0.29, 0.717) is 19.3 Å². The van der Waals surface area contributed by atoms with Crippen molar-refractivity contribution >= 4 is 20.2 Å². The van der Waals surface area contributed by atoms with Crippen LogP contribution in [0, 0.1) is 0 Å². The van der Waals surface area contributed by atoms with Crippen molar-refractivity contribution in [1.29, 1.82) is 0 Å². The van der Waals surface area contributed by atoms with Gasteiger partial charge in [0.05, 0.1) is 12.1 Å². The average Bonchev–Trinajstić information content (AvgIpc) is 2.28. The van der Waals surface area contributed by atoms with E-state index in [1.807, 2.05) is 20.8 Å². The smallest absolute Gasteiger partial charge is 0.407 e. The third-order valence-corrected chi connectivity index (χ3v) is 9.07. The average molecular weight is 344 g/mol. The Morgan fingerprint density at radius 3 is 2.22 bits per heavy atom. The monoisotopic (exact) mass is 343 g/mol. The molecule has 0 spiro atoms. The summed E-state index contributed by atoms with van der Waals surface area (Å²) in [5.74, 6) is 0.205. The SMILES string of the molecule is CC(C)(C)OC(=O)N[C@H]1CCC(=O)C[C@@H]1O[Si](C)(C)C(C)(C)C. The Morgan fingerprint density at radius 1 is 1.17 bits per heavy atom. The molecular weight excluding hydrogens is 310 g/mol. The Balaban J connectivity index is 2.80. The predicted octanol–water partition coefficient (Wildman–Crippen LogP) is 4.02. The van der Waals surface area contributed by atoms with E-state index in [2.05, 4.69) is 39.2 Å². The first-order chi connectivity index (χ1) is 10.2. The zero-order chi connectivity index (χ0) is 18.1. The van der Waals surface area contributed by atoms with Gasteiger partial charge >= 0.3 is 6.09 Å². The van der Waals surface area contributed by atoms with E-state index >= 15 is 0 Å². The molecule has 23 heavy (non-hydrogen) atoms. The van der Waals surface area contributed by atoms with Gasteiger partial charge in [0, 0.05) is 12.8 Å². The molecule has 1 saturated carbocycles. The van der Waals surface area contributed by atoms with Gasteiger partial charge in [-0.25, -0.2) is 4.79 Å². The fraction of sp³-hybridized carbons (Fsp3) is 0.882. The summed E-state index contributed by atoms with van der Waals surface area (Å²) in [4.78, 5) is 23.9. The summed E-state index contributed by atoms with van der Waals surface area (Å²) in [6.45, 7) is 16.3. The summed E-state index contributed by atoms with van der Waals surface area (Å²) in [6.07, 6.45) is 0.757. The Morgan fingerprint density at radius 2 is 1.74 bits per heavy atom. The Kier molecular flexibility index (Phi) is 6.07. The highest BCUT2D eigenvalue weighted by molar-refractivity contribution is 6.74. The van der Waals surface area contributed by atoms with Crippen molar-refractivity contribution in [2.45, 2.75) is 96.7 Å². The highest BCUT2D eigenvalue weighted by Gasteiger charge is 2.42. The van der Waals surface area contributed by atoms with Gasteiger partial charge in [-0.2, -0.15) is 0 Å². The number of amides is 1. The fourth-order valence-corrected chi connectivity index (χ4v) is 3.63. The van der Waals surface area contributed by atoms with Crippen LogP contribution in [0.4, 0.5) is 4.79 Å². The van der Waals surface area contributed by atoms with Crippen molar-refractivity contribution in [1.82, 2.24) is 5.32 Å². The van der Waals surface area contributed by atoms with Gasteiger partial charge in [-0.1, -0.05) is 20.8 Å². The zero-order valence-corrected chi connectivity index (χ0v) is 16.9. The number of carbonyl (C=O) groups is 2. The van der Waals surface area contributed by atoms with Crippen LogP contribution in [0.1, 0.15) is 60.8 Å². The van der Waals surface area contributed by atoms with Gasteiger partial charge in [-0.05, 0) is 45.3 Å². The van der Waals surface area contributed by atoms with Crippen LogP contribution in [0.3, 0.4) is 0 Å². The summed E-state index contributed by atoms with van der Waals surface area (Å²) in [5, 5.41) is 2.96. The molecule has 6 heteroatoms. The number of ether oxygens (including phenoxy) is 1. The maximum Gasteiger partial charge on any atom is 0.407 e. The minimum Gasteiger partial charge on any atom is -0.444 e. The van der Waals surface area contributed by atoms with Crippen LogP contribution in [0.15, 0.2) is 0 Å². The lowest BCUT2D eigenvalue weighted by Crippen LogP contribution is -2.54. The highest BCUT2D eigenvalue weighted by atomic mass is 28.4. The molecule has 5 nitrogen and oxygen atoms in total. The van der Waals surface area contributed by atoms with E-state index in [1.54, 1.807) is 0 Å². The van der Waals surface area contributed by atoms with E-state index in [9.17, 15) is 9.59 Å². The van der Waals surface area contributed by atoms with Gasteiger partial charge in [-0.15, -0.1) is 0 Å². The molecule has 0 saturated heterocycles. The Hall–Kier alpha value is -0.883. The molecule has 1 aliphatic rings. The van der Waals surface area contributed by atoms with Crippen molar-refractivity contribution < 1.29 is 18.8 Å². The van der Waals surface area contributed by atoms with Crippen LogP contribution in [-0.2, 0) is 14.0 Å². The molecule has 0 radical (unpaired) electrons. The number of carbonyl (C=O) groups excluding carboxylic acids is 2. The lowest BCUT2D eigenvalue weighted by molar-refractivity contribution is -0.123. The first kappa shape index (κ1) is 20.2. The Bertz CT molecular complexity index is 448. The second-order valence-electron chi connectivity index (χ2n) is 8.95. The molecule has 1 amide bonds. The minimum atomic E-state index is -2.01. The fourth-order valence-electron chi connectivity index (χ4n) is 2.27. The van der Waals surface area contributed by atoms with Gasteiger partial charge in [0.2, 0.25) is 0 Å². The molecule has 0 unspecified atom stereocenters. The third-order valence-electron chi connectivity index (χ3n) is 4.57. The quantitative estimate of drug-likeness (QED) is 0.786. The molecule has 0 heterocycles. The van der Waals surface area contributed by atoms with Gasteiger partial charge in [0.1, 0.15) is 11.4 Å². The molecule has 1 N–H and O–H groups in total. The number of rotatable bonds is 3. The van der Waals surface area contributed by atoms with Crippen molar-refractivity contribution in [3.63, 3.8) is 0 Å². The predicted molar refractivity (Wildman–Crippen MR) is 94.1 cm³/mol. The van der Waals surface area contributed by atoms with Crippen LogP contribution >= 0.6 is 0 Å². The van der Waals surface area contributed by atoms with Crippen molar-refractivity contribution in [3.8, 4) is 0 Å². The number of Topliss-reactive ketones (excluding diaryl/α,β-unsaturated/α-hetero) is 1. The van der Waals surface area contributed by atoms with Gasteiger partial charge in [0.25, 0.3) is 0 Å². The van der Waals surface area contributed by atoms with E-state index < -0.39 is 20.0 Å². The molecular formula is C17H33NO4Si. The molecule has 134 valence electrons. The second kappa shape index (κ2) is 6.93. The standard InChI is InChI=1S/C17H33NO4Si/c1-16(2,3)21-15(20)18-13-10-9-12(19)11-14(13)22-23(7,8)17(4,5)6/h13-14H,9-11H2,1-8H3,(H,18,20)/t13-,14-/m0/s1. The molecule has 1 fully saturated rings. The third kappa shape index (κ3) is 6.26. The number of ketones is 1. The summed E-state index contributed by atoms with van der Waals surface area (Å²) in [6, 6.07) is -0.170. The molecule has 0 bridgehead atoms. The summed E-state index contributed by atoms with van der Waals surface area (Å²) in [5.41, 5.74) is -0.537. The van der Waals surface area contributed by atoms with Crippen molar-refractivity contribution in [3.05, 3.63) is 0 Å². The second-order valence-corrected chi connectivity index (χ2v) is 13.7. The van der Waals surface area contributed by atoms with Crippen molar-refractivity contribution in [2.24, 2.45) is 0 Å².